The lowest BCUT2D eigenvalue weighted by atomic mass is 10.0. The summed E-state index contributed by atoms with van der Waals surface area (Å²) >= 11 is 0. The summed E-state index contributed by atoms with van der Waals surface area (Å²) in [5.74, 6) is 1.33. The summed E-state index contributed by atoms with van der Waals surface area (Å²) in [7, 11) is 0. The fourth-order valence-electron chi connectivity index (χ4n) is 3.78. The molecule has 0 saturated carbocycles. The van der Waals surface area contributed by atoms with Crippen LogP contribution in [0.4, 0.5) is 5.69 Å². The lowest BCUT2D eigenvalue weighted by molar-refractivity contribution is -0.111. The van der Waals surface area contributed by atoms with Crippen LogP contribution in [0.25, 0.3) is 27.9 Å². The van der Waals surface area contributed by atoms with Crippen LogP contribution in [-0.4, -0.2) is 15.3 Å². The zero-order valence-corrected chi connectivity index (χ0v) is 17.8. The van der Waals surface area contributed by atoms with Gasteiger partial charge in [-0.1, -0.05) is 36.9 Å². The van der Waals surface area contributed by atoms with Gasteiger partial charge in [-0.05, 0) is 77.9 Å². The number of aromatic nitrogens is 2. The average Bonchev–Trinajstić information content (AvgIpc) is 3.25. The summed E-state index contributed by atoms with van der Waals surface area (Å²) < 4.78 is 7.99. The van der Waals surface area contributed by atoms with Crippen LogP contribution in [0, 0.1) is 0 Å². The van der Waals surface area contributed by atoms with E-state index in [-0.39, 0.29) is 5.91 Å². The zero-order valence-electron chi connectivity index (χ0n) is 17.8. The van der Waals surface area contributed by atoms with Crippen molar-refractivity contribution >= 4 is 17.1 Å². The van der Waals surface area contributed by atoms with Crippen molar-refractivity contribution in [1.82, 2.24) is 9.38 Å². The van der Waals surface area contributed by atoms with Crippen LogP contribution in [0.1, 0.15) is 0 Å². The Hall–Kier alpha value is -4.64. The van der Waals surface area contributed by atoms with E-state index < -0.39 is 0 Å². The molecule has 2 aromatic heterocycles. The molecule has 0 spiro atoms. The first-order chi connectivity index (χ1) is 16.2. The Morgan fingerprint density at radius 1 is 0.879 bits per heavy atom. The average molecular weight is 431 g/mol. The van der Waals surface area contributed by atoms with Gasteiger partial charge in [-0.25, -0.2) is 4.98 Å². The molecule has 0 bridgehead atoms. The number of rotatable bonds is 6. The van der Waals surface area contributed by atoms with Crippen molar-refractivity contribution in [2.45, 2.75) is 0 Å². The first-order valence-electron chi connectivity index (χ1n) is 10.5. The van der Waals surface area contributed by atoms with Gasteiger partial charge in [0.25, 0.3) is 0 Å². The van der Waals surface area contributed by atoms with Crippen molar-refractivity contribution in [3.8, 4) is 33.9 Å². The summed E-state index contributed by atoms with van der Waals surface area (Å²) in [6.07, 6.45) is 4.85. The number of nitrogens with one attached hydrogen (secondary N) is 1. The van der Waals surface area contributed by atoms with Crippen molar-refractivity contribution in [1.29, 1.82) is 0 Å². The van der Waals surface area contributed by atoms with E-state index in [1.165, 1.54) is 6.08 Å². The van der Waals surface area contributed by atoms with Crippen molar-refractivity contribution in [3.05, 3.63) is 116 Å². The Labute approximate surface area is 191 Å². The van der Waals surface area contributed by atoms with Crippen LogP contribution in [0.5, 0.6) is 11.5 Å². The van der Waals surface area contributed by atoms with Crippen LogP contribution in [0.3, 0.4) is 0 Å². The van der Waals surface area contributed by atoms with Gasteiger partial charge in [0.2, 0.25) is 5.91 Å². The molecule has 5 heteroatoms. The Bertz CT molecular complexity index is 1440. The maximum Gasteiger partial charge on any atom is 0.247 e. The molecule has 5 nitrogen and oxygen atoms in total. The third-order valence-electron chi connectivity index (χ3n) is 5.33. The van der Waals surface area contributed by atoms with E-state index in [2.05, 4.69) is 27.3 Å². The summed E-state index contributed by atoms with van der Waals surface area (Å²) in [5.41, 5.74) is 5.84. The van der Waals surface area contributed by atoms with Gasteiger partial charge in [0.15, 0.2) is 0 Å². The number of hydrogen-bond donors (Lipinski definition) is 1. The van der Waals surface area contributed by atoms with Gasteiger partial charge in [-0.2, -0.15) is 0 Å². The topological polar surface area (TPSA) is 55.6 Å². The van der Waals surface area contributed by atoms with E-state index in [0.717, 1.165) is 45.1 Å². The lowest BCUT2D eigenvalue weighted by Crippen LogP contribution is -2.06. The molecule has 0 atom stereocenters. The molecule has 160 valence electrons. The van der Waals surface area contributed by atoms with Gasteiger partial charge in [0.1, 0.15) is 11.5 Å². The normalized spacial score (nSPS) is 10.7. The molecular formula is C28H21N3O2. The van der Waals surface area contributed by atoms with E-state index in [0.29, 0.717) is 0 Å². The fraction of sp³-hybridized carbons (Fsp3) is 0. The molecule has 1 amide bonds. The van der Waals surface area contributed by atoms with Crippen LogP contribution in [0.15, 0.2) is 116 Å². The molecule has 0 unspecified atom stereocenters. The Balaban J connectivity index is 1.51. The minimum atomic E-state index is -0.239. The number of ether oxygens (including phenoxy) is 1. The summed E-state index contributed by atoms with van der Waals surface area (Å²) in [6.45, 7) is 3.51. The molecule has 5 rings (SSSR count). The summed E-state index contributed by atoms with van der Waals surface area (Å²) in [4.78, 5) is 16.0. The van der Waals surface area contributed by atoms with Crippen molar-refractivity contribution in [3.63, 3.8) is 0 Å². The first-order valence-corrected chi connectivity index (χ1v) is 10.5. The quantitative estimate of drug-likeness (QED) is 0.309. The van der Waals surface area contributed by atoms with Gasteiger partial charge in [-0.15, -0.1) is 0 Å². The third kappa shape index (κ3) is 4.25. The molecule has 0 aliphatic heterocycles. The number of para-hydroxylation sites is 1. The largest absolute Gasteiger partial charge is 0.457 e. The van der Waals surface area contributed by atoms with Gasteiger partial charge in [-0.3, -0.25) is 9.20 Å². The number of hydrogen-bond acceptors (Lipinski definition) is 3. The molecule has 3 aromatic carbocycles. The molecule has 0 saturated heterocycles. The molecule has 0 radical (unpaired) electrons. The third-order valence-corrected chi connectivity index (χ3v) is 5.33. The number of nitrogens with zero attached hydrogens (tertiary/aromatic N) is 2. The Morgan fingerprint density at radius 2 is 1.67 bits per heavy atom. The van der Waals surface area contributed by atoms with Gasteiger partial charge >= 0.3 is 0 Å². The second-order valence-corrected chi connectivity index (χ2v) is 7.49. The molecule has 1 N–H and O–H groups in total. The minimum Gasteiger partial charge on any atom is -0.457 e. The van der Waals surface area contributed by atoms with Gasteiger partial charge in [0, 0.05) is 17.4 Å². The predicted octanol–water partition coefficient (Wildman–Crippen LogP) is 6.59. The van der Waals surface area contributed by atoms with Crippen molar-refractivity contribution in [2.24, 2.45) is 0 Å². The van der Waals surface area contributed by atoms with Crippen molar-refractivity contribution < 1.29 is 9.53 Å². The van der Waals surface area contributed by atoms with E-state index in [1.807, 2.05) is 91.3 Å². The van der Waals surface area contributed by atoms with E-state index in [9.17, 15) is 4.79 Å². The van der Waals surface area contributed by atoms with Gasteiger partial charge < -0.3 is 10.1 Å². The van der Waals surface area contributed by atoms with E-state index in [1.54, 1.807) is 6.20 Å². The Kier molecular flexibility index (Phi) is 5.43. The number of amides is 1. The summed E-state index contributed by atoms with van der Waals surface area (Å²) in [5, 5.41) is 2.82. The van der Waals surface area contributed by atoms with Crippen LogP contribution < -0.4 is 10.1 Å². The number of benzene rings is 3. The van der Waals surface area contributed by atoms with Crippen LogP contribution in [0.2, 0.25) is 0 Å². The zero-order chi connectivity index (χ0) is 22.6. The first kappa shape index (κ1) is 20.3. The second kappa shape index (κ2) is 8.85. The maximum absolute atomic E-state index is 11.7. The molecule has 0 aliphatic carbocycles. The second-order valence-electron chi connectivity index (χ2n) is 7.49. The fourth-order valence-corrected chi connectivity index (χ4v) is 3.78. The molecular weight excluding hydrogens is 410 g/mol. The van der Waals surface area contributed by atoms with Gasteiger partial charge in [0.05, 0.1) is 17.5 Å². The smallest absolute Gasteiger partial charge is 0.247 e. The number of anilines is 1. The van der Waals surface area contributed by atoms with E-state index >= 15 is 0 Å². The highest BCUT2D eigenvalue weighted by Gasteiger charge is 2.13. The SMILES string of the molecule is C=CC(=O)Nc1cccc(-c2cc(-c3ccc(Oc4ccccc4)cc3)n3cnccc23)c1. The highest BCUT2D eigenvalue weighted by molar-refractivity contribution is 5.99. The van der Waals surface area contributed by atoms with E-state index in [4.69, 9.17) is 4.74 Å². The maximum atomic E-state index is 11.7. The predicted molar refractivity (Wildman–Crippen MR) is 131 cm³/mol. The number of fused-ring (bicyclic) bond motifs is 1. The molecule has 2 heterocycles. The molecule has 0 fully saturated rings. The Morgan fingerprint density at radius 3 is 2.45 bits per heavy atom. The molecule has 33 heavy (non-hydrogen) atoms. The molecule has 0 aliphatic rings. The number of carbonyl (C=O) groups excluding carboxylic acids is 1. The minimum absolute atomic E-state index is 0.239. The highest BCUT2D eigenvalue weighted by Crippen LogP contribution is 2.34. The lowest BCUT2D eigenvalue weighted by Gasteiger charge is -2.07. The molecule has 5 aromatic rings. The van der Waals surface area contributed by atoms with Crippen LogP contribution in [-0.2, 0) is 4.79 Å². The van der Waals surface area contributed by atoms with Crippen molar-refractivity contribution in [2.75, 3.05) is 5.32 Å². The van der Waals surface area contributed by atoms with Crippen LogP contribution >= 0.6 is 0 Å². The number of carbonyl (C=O) groups is 1. The standard InChI is InChI=1S/C28H21N3O2/c1-2-28(32)30-22-8-6-7-21(17-22)25-18-27(31-19-29-16-15-26(25)31)20-11-13-24(14-12-20)33-23-9-4-3-5-10-23/h2-19H,1H2,(H,30,32). The summed E-state index contributed by atoms with van der Waals surface area (Å²) in [6, 6.07) is 29.6. The monoisotopic (exact) mass is 431 g/mol. The highest BCUT2D eigenvalue weighted by atomic mass is 16.5.